The Morgan fingerprint density at radius 1 is 1.17 bits per heavy atom. The maximum absolute atomic E-state index is 13.5. The number of hydrogen-bond acceptors (Lipinski definition) is 6. The maximum Gasteiger partial charge on any atom is 0.316 e. The van der Waals surface area contributed by atoms with E-state index in [0.717, 1.165) is 18.8 Å². The third-order valence-electron chi connectivity index (χ3n) is 10.7. The Balaban J connectivity index is 1.52. The second kappa shape index (κ2) is 8.86. The minimum atomic E-state index is -0.992. The van der Waals surface area contributed by atoms with Gasteiger partial charge in [-0.3, -0.25) is 14.4 Å². The van der Waals surface area contributed by atoms with Crippen LogP contribution < -0.4 is 0 Å². The molecule has 5 rings (SSSR count). The lowest BCUT2D eigenvalue weighted by Gasteiger charge is -2.55. The monoisotopic (exact) mass is 484 g/mol. The normalized spacial score (nSPS) is 43.3. The molecule has 1 heterocycles. The molecule has 192 valence electrons. The van der Waals surface area contributed by atoms with Crippen molar-refractivity contribution in [3.63, 3.8) is 0 Å². The molecular formula is C29H40O6. The number of carbonyl (C=O) groups excluding carboxylic acids is 3. The van der Waals surface area contributed by atoms with Gasteiger partial charge in [0.2, 0.25) is 0 Å². The van der Waals surface area contributed by atoms with Crippen LogP contribution in [0.25, 0.3) is 0 Å². The highest BCUT2D eigenvalue weighted by Crippen LogP contribution is 2.63. The molecule has 3 fully saturated rings. The van der Waals surface area contributed by atoms with Gasteiger partial charge in [-0.15, -0.1) is 0 Å². The Labute approximate surface area is 208 Å². The van der Waals surface area contributed by atoms with Crippen LogP contribution in [0.15, 0.2) is 23.3 Å². The van der Waals surface area contributed by atoms with Gasteiger partial charge in [-0.2, -0.15) is 0 Å². The van der Waals surface area contributed by atoms with Gasteiger partial charge in [-0.1, -0.05) is 43.4 Å². The van der Waals surface area contributed by atoms with E-state index in [4.69, 9.17) is 9.47 Å². The van der Waals surface area contributed by atoms with E-state index < -0.39 is 46.8 Å². The second-order valence-electron chi connectivity index (χ2n) is 12.2. The lowest BCUT2D eigenvalue weighted by Crippen LogP contribution is -2.63. The van der Waals surface area contributed by atoms with E-state index in [1.165, 1.54) is 56.4 Å². The molecule has 1 aliphatic heterocycles. The summed E-state index contributed by atoms with van der Waals surface area (Å²) in [5.74, 6) is -0.841. The van der Waals surface area contributed by atoms with Crippen LogP contribution in [0.5, 0.6) is 0 Å². The molecule has 0 radical (unpaired) electrons. The van der Waals surface area contributed by atoms with E-state index in [1.54, 1.807) is 13.0 Å². The van der Waals surface area contributed by atoms with Crippen LogP contribution in [0.2, 0.25) is 0 Å². The van der Waals surface area contributed by atoms with E-state index in [2.05, 4.69) is 6.92 Å². The molecule has 2 saturated carbocycles. The number of methoxy groups -OCH3 is 1. The Bertz CT molecular complexity index is 974. The van der Waals surface area contributed by atoms with Gasteiger partial charge in [0.1, 0.15) is 6.10 Å². The first-order valence-corrected chi connectivity index (χ1v) is 13.5. The topological polar surface area (TPSA) is 89.9 Å². The zero-order valence-electron chi connectivity index (χ0n) is 21.5. The molecule has 4 aliphatic carbocycles. The van der Waals surface area contributed by atoms with Crippen molar-refractivity contribution in [1.29, 1.82) is 0 Å². The van der Waals surface area contributed by atoms with Gasteiger partial charge >= 0.3 is 11.9 Å². The summed E-state index contributed by atoms with van der Waals surface area (Å²) in [4.78, 5) is 39.1. The summed E-state index contributed by atoms with van der Waals surface area (Å²) in [7, 11) is 1.36. The first-order chi connectivity index (χ1) is 16.6. The van der Waals surface area contributed by atoms with Crippen molar-refractivity contribution >= 4 is 17.7 Å². The number of aliphatic hydroxyl groups excluding tert-OH is 1. The fourth-order valence-electron chi connectivity index (χ4n) is 8.68. The van der Waals surface area contributed by atoms with Crippen molar-refractivity contribution in [1.82, 2.24) is 0 Å². The predicted molar refractivity (Wildman–Crippen MR) is 130 cm³/mol. The van der Waals surface area contributed by atoms with Crippen LogP contribution in [0.4, 0.5) is 0 Å². The smallest absolute Gasteiger partial charge is 0.316 e. The van der Waals surface area contributed by atoms with Gasteiger partial charge in [0.05, 0.1) is 18.6 Å². The number of rotatable bonds is 5. The first-order valence-electron chi connectivity index (χ1n) is 13.5. The van der Waals surface area contributed by atoms with E-state index in [-0.39, 0.29) is 18.1 Å². The Morgan fingerprint density at radius 3 is 2.57 bits per heavy atom. The number of carbonyl (C=O) groups is 3. The third kappa shape index (κ3) is 3.65. The van der Waals surface area contributed by atoms with E-state index in [9.17, 15) is 19.5 Å². The highest BCUT2D eigenvalue weighted by atomic mass is 16.6. The summed E-state index contributed by atoms with van der Waals surface area (Å²) >= 11 is 0. The molecule has 0 aromatic heterocycles. The SMILES string of the molecule is COC(=O)CC1[C@H](CC2=C(C)[C@H](C3CCCCC3)CC2)[C@H](O)[C@@H]2OC(=O)[C@]3(C)C=CC(=O)[C@@]1(C)[C@@H]23. The maximum atomic E-state index is 13.5. The van der Waals surface area contributed by atoms with Gasteiger partial charge in [0.15, 0.2) is 5.78 Å². The third-order valence-corrected chi connectivity index (χ3v) is 10.7. The highest BCUT2D eigenvalue weighted by Gasteiger charge is 2.71. The number of esters is 2. The Hall–Kier alpha value is -1.95. The average molecular weight is 485 g/mol. The summed E-state index contributed by atoms with van der Waals surface area (Å²) < 4.78 is 10.8. The van der Waals surface area contributed by atoms with Crippen LogP contribution in [0, 0.1) is 40.4 Å². The standard InChI is InChI=1S/C29H40O6/c1-16-18(10-11-19(16)17-8-6-5-7-9-17)14-20-21(15-23(31)34-4)29(3)22(30)12-13-28(2)26(29)25(24(20)32)35-27(28)33/h12-13,17,19-21,24-26,32H,5-11,14-15H2,1-4H3/t19-,20+,21?,24+,25+,26+,28-,29+/m1/s1. The van der Waals surface area contributed by atoms with Crippen LogP contribution in [0.1, 0.15) is 78.6 Å². The van der Waals surface area contributed by atoms with E-state index in [0.29, 0.717) is 12.3 Å². The van der Waals surface area contributed by atoms with Crippen LogP contribution in [-0.4, -0.2) is 42.1 Å². The predicted octanol–water partition coefficient (Wildman–Crippen LogP) is 4.55. The number of aliphatic hydroxyl groups is 1. The number of ketones is 1. The van der Waals surface area contributed by atoms with Gasteiger partial charge < -0.3 is 14.6 Å². The molecular weight excluding hydrogens is 444 g/mol. The zero-order valence-corrected chi connectivity index (χ0v) is 21.5. The largest absolute Gasteiger partial charge is 0.469 e. The van der Waals surface area contributed by atoms with Crippen molar-refractivity contribution in [2.75, 3.05) is 7.11 Å². The lowest BCUT2D eigenvalue weighted by molar-refractivity contribution is -0.177. The minimum Gasteiger partial charge on any atom is -0.469 e. The second-order valence-corrected chi connectivity index (χ2v) is 12.2. The summed E-state index contributed by atoms with van der Waals surface area (Å²) in [6.45, 7) is 5.92. The zero-order chi connectivity index (χ0) is 25.1. The van der Waals surface area contributed by atoms with Crippen LogP contribution in [0.3, 0.4) is 0 Å². The van der Waals surface area contributed by atoms with Crippen LogP contribution >= 0.6 is 0 Å². The molecule has 1 N–H and O–H groups in total. The van der Waals surface area contributed by atoms with E-state index in [1.807, 2.05) is 6.92 Å². The molecule has 8 atom stereocenters. The molecule has 1 unspecified atom stereocenters. The van der Waals surface area contributed by atoms with Crippen molar-refractivity contribution < 1.29 is 29.0 Å². The molecule has 0 aromatic carbocycles. The number of hydrogen-bond donors (Lipinski definition) is 1. The molecule has 0 bridgehead atoms. The van der Waals surface area contributed by atoms with Gasteiger partial charge in [0.25, 0.3) is 0 Å². The summed E-state index contributed by atoms with van der Waals surface area (Å²) in [6.07, 6.45) is 10.8. The van der Waals surface area contributed by atoms with Crippen molar-refractivity contribution in [3.05, 3.63) is 23.3 Å². The lowest BCUT2D eigenvalue weighted by atomic mass is 9.46. The van der Waals surface area contributed by atoms with Crippen LogP contribution in [-0.2, 0) is 23.9 Å². The molecule has 35 heavy (non-hydrogen) atoms. The molecule has 0 amide bonds. The fraction of sp³-hybridized carbons (Fsp3) is 0.759. The Kier molecular flexibility index (Phi) is 6.26. The minimum absolute atomic E-state index is 0.0418. The fourth-order valence-corrected chi connectivity index (χ4v) is 8.68. The molecule has 6 nitrogen and oxygen atoms in total. The average Bonchev–Trinajstić information content (AvgIpc) is 3.35. The van der Waals surface area contributed by atoms with Crippen molar-refractivity contribution in [2.45, 2.75) is 90.8 Å². The van der Waals surface area contributed by atoms with Gasteiger partial charge in [-0.05, 0) is 75.7 Å². The number of allylic oxidation sites excluding steroid dienone is 3. The first kappa shape index (κ1) is 24.7. The van der Waals surface area contributed by atoms with Gasteiger partial charge in [0, 0.05) is 17.8 Å². The summed E-state index contributed by atoms with van der Waals surface area (Å²) in [6, 6.07) is 0. The molecule has 0 aromatic rings. The molecule has 6 heteroatoms. The van der Waals surface area contributed by atoms with E-state index >= 15 is 0 Å². The molecule has 5 aliphatic rings. The van der Waals surface area contributed by atoms with Crippen molar-refractivity contribution in [3.8, 4) is 0 Å². The number of ether oxygens (including phenoxy) is 2. The quantitative estimate of drug-likeness (QED) is 0.455. The summed E-state index contributed by atoms with van der Waals surface area (Å²) in [5, 5.41) is 11.7. The highest BCUT2D eigenvalue weighted by molar-refractivity contribution is 6.00. The molecule has 1 saturated heterocycles. The van der Waals surface area contributed by atoms with Gasteiger partial charge in [-0.25, -0.2) is 0 Å². The Morgan fingerprint density at radius 2 is 1.89 bits per heavy atom. The molecule has 0 spiro atoms. The van der Waals surface area contributed by atoms with Crippen molar-refractivity contribution in [2.24, 2.45) is 40.4 Å². The summed E-state index contributed by atoms with van der Waals surface area (Å²) in [5.41, 5.74) is 0.819.